The van der Waals surface area contributed by atoms with Crippen LogP contribution in [0.4, 0.5) is 0 Å². The number of benzene rings is 1. The molecular formula is C11H7N3O. The van der Waals surface area contributed by atoms with Crippen molar-refractivity contribution in [3.05, 3.63) is 36.0 Å². The van der Waals surface area contributed by atoms with Crippen molar-refractivity contribution in [1.29, 1.82) is 0 Å². The Morgan fingerprint density at radius 2 is 2.07 bits per heavy atom. The lowest BCUT2D eigenvalue weighted by Gasteiger charge is -1.93. The van der Waals surface area contributed by atoms with Crippen molar-refractivity contribution in [3.63, 3.8) is 0 Å². The summed E-state index contributed by atoms with van der Waals surface area (Å²) in [6, 6.07) is 7.84. The van der Waals surface area contributed by atoms with Crippen LogP contribution in [0.15, 0.2) is 40.4 Å². The van der Waals surface area contributed by atoms with Gasteiger partial charge in [-0.15, -0.1) is 0 Å². The minimum atomic E-state index is -0.296. The van der Waals surface area contributed by atoms with E-state index in [1.54, 1.807) is 0 Å². The summed E-state index contributed by atoms with van der Waals surface area (Å²) in [5.41, 5.74) is 1.89. The summed E-state index contributed by atoms with van der Waals surface area (Å²) in [5.74, 6) is 0.188. The van der Waals surface area contributed by atoms with Gasteiger partial charge in [-0.2, -0.15) is 4.99 Å². The number of carbonyl (C=O) groups is 1. The lowest BCUT2D eigenvalue weighted by atomic mass is 10.1. The summed E-state index contributed by atoms with van der Waals surface area (Å²) >= 11 is 0. The van der Waals surface area contributed by atoms with E-state index < -0.39 is 0 Å². The molecule has 1 N–H and O–H groups in total. The topological polar surface area (TPSA) is 57.6 Å². The molecule has 0 saturated heterocycles. The largest absolute Gasteiger partial charge is 0.360 e. The zero-order valence-corrected chi connectivity index (χ0v) is 7.77. The van der Waals surface area contributed by atoms with E-state index in [9.17, 15) is 4.79 Å². The smallest absolute Gasteiger partial charge is 0.290 e. The Balaban J connectivity index is 2.24. The van der Waals surface area contributed by atoms with E-state index in [0.29, 0.717) is 5.84 Å². The summed E-state index contributed by atoms with van der Waals surface area (Å²) in [5, 5.41) is 1.03. The molecule has 0 radical (unpaired) electrons. The summed E-state index contributed by atoms with van der Waals surface area (Å²) in [6.07, 6.45) is 3.05. The van der Waals surface area contributed by atoms with E-state index in [0.717, 1.165) is 16.5 Å². The number of carbonyl (C=O) groups excluding carboxylic acids is 1. The highest BCUT2D eigenvalue weighted by molar-refractivity contribution is 6.37. The number of H-pyrrole nitrogens is 1. The van der Waals surface area contributed by atoms with Crippen molar-refractivity contribution in [1.82, 2.24) is 4.98 Å². The van der Waals surface area contributed by atoms with Crippen LogP contribution in [0.1, 0.15) is 5.56 Å². The van der Waals surface area contributed by atoms with Crippen molar-refractivity contribution in [3.8, 4) is 0 Å². The van der Waals surface area contributed by atoms with Gasteiger partial charge in [-0.25, -0.2) is 4.99 Å². The van der Waals surface area contributed by atoms with Gasteiger partial charge in [0.25, 0.3) is 5.91 Å². The van der Waals surface area contributed by atoms with Crippen LogP contribution in [0, 0.1) is 0 Å². The Labute approximate surface area is 85.4 Å². The molecule has 3 rings (SSSR count). The van der Waals surface area contributed by atoms with Crippen LogP contribution in [0.2, 0.25) is 0 Å². The summed E-state index contributed by atoms with van der Waals surface area (Å²) in [6.45, 7) is 0. The molecular weight excluding hydrogens is 190 g/mol. The average Bonchev–Trinajstić information content (AvgIpc) is 2.83. The number of nitrogens with zero attached hydrogens (tertiary/aromatic N) is 2. The van der Waals surface area contributed by atoms with Crippen molar-refractivity contribution < 1.29 is 4.79 Å². The number of aliphatic imine (C=N–C) groups is 2. The normalized spacial score (nSPS) is 14.9. The zero-order valence-electron chi connectivity index (χ0n) is 7.77. The van der Waals surface area contributed by atoms with E-state index >= 15 is 0 Å². The van der Waals surface area contributed by atoms with Crippen molar-refractivity contribution >= 4 is 28.9 Å². The van der Waals surface area contributed by atoms with Crippen LogP contribution in [0.3, 0.4) is 0 Å². The fourth-order valence-electron chi connectivity index (χ4n) is 1.66. The number of aromatic amines is 1. The molecule has 1 aliphatic rings. The molecule has 0 bridgehead atoms. The summed E-state index contributed by atoms with van der Waals surface area (Å²) < 4.78 is 0. The molecule has 1 aromatic heterocycles. The van der Waals surface area contributed by atoms with E-state index in [-0.39, 0.29) is 5.91 Å². The highest BCUT2D eigenvalue weighted by Gasteiger charge is 2.14. The molecule has 0 saturated carbocycles. The average molecular weight is 197 g/mol. The number of hydrogen-bond acceptors (Lipinski definition) is 2. The molecule has 0 atom stereocenters. The molecule has 0 fully saturated rings. The standard InChI is InChI=1S/C11H7N3O/c15-10-6-13-11(14-10)8-5-12-9-4-2-1-3-7(8)9/h1-6,12H. The number of amidine groups is 1. The van der Waals surface area contributed by atoms with Crippen molar-refractivity contribution in [2.24, 2.45) is 9.98 Å². The van der Waals surface area contributed by atoms with Gasteiger partial charge >= 0.3 is 0 Å². The minimum absolute atomic E-state index is 0.296. The maximum Gasteiger partial charge on any atom is 0.290 e. The summed E-state index contributed by atoms with van der Waals surface area (Å²) in [4.78, 5) is 21.8. The lowest BCUT2D eigenvalue weighted by molar-refractivity contribution is -0.111. The highest BCUT2D eigenvalue weighted by Crippen LogP contribution is 2.19. The highest BCUT2D eigenvalue weighted by atomic mass is 16.1. The Bertz CT molecular complexity index is 607. The third-order valence-electron chi connectivity index (χ3n) is 2.34. The van der Waals surface area contributed by atoms with Gasteiger partial charge in [0.2, 0.25) is 0 Å². The third kappa shape index (κ3) is 1.19. The Kier molecular flexibility index (Phi) is 1.56. The monoisotopic (exact) mass is 197 g/mol. The molecule has 1 amide bonds. The number of hydrogen-bond donors (Lipinski definition) is 1. The first-order chi connectivity index (χ1) is 7.34. The number of rotatable bonds is 1. The fourth-order valence-corrected chi connectivity index (χ4v) is 1.66. The number of amides is 1. The molecule has 2 aromatic rings. The third-order valence-corrected chi connectivity index (χ3v) is 2.34. The van der Waals surface area contributed by atoms with Crippen molar-refractivity contribution in [2.75, 3.05) is 0 Å². The molecule has 0 aliphatic carbocycles. The van der Waals surface area contributed by atoms with Gasteiger partial charge in [0, 0.05) is 22.7 Å². The molecule has 2 heterocycles. The van der Waals surface area contributed by atoms with Crippen LogP contribution >= 0.6 is 0 Å². The van der Waals surface area contributed by atoms with E-state index in [4.69, 9.17) is 0 Å². The first-order valence-electron chi connectivity index (χ1n) is 4.58. The molecule has 15 heavy (non-hydrogen) atoms. The molecule has 1 aliphatic heterocycles. The van der Waals surface area contributed by atoms with Gasteiger partial charge < -0.3 is 4.98 Å². The molecule has 72 valence electrons. The van der Waals surface area contributed by atoms with E-state index in [1.807, 2.05) is 30.5 Å². The first-order valence-corrected chi connectivity index (χ1v) is 4.58. The Morgan fingerprint density at radius 3 is 2.87 bits per heavy atom. The zero-order chi connectivity index (χ0) is 10.3. The van der Waals surface area contributed by atoms with Crippen LogP contribution in [0.25, 0.3) is 10.9 Å². The second-order valence-electron chi connectivity index (χ2n) is 3.28. The quantitative estimate of drug-likeness (QED) is 0.740. The molecule has 4 nitrogen and oxygen atoms in total. The number of aromatic nitrogens is 1. The molecule has 0 spiro atoms. The molecule has 4 heteroatoms. The van der Waals surface area contributed by atoms with Crippen LogP contribution < -0.4 is 0 Å². The number of fused-ring (bicyclic) bond motifs is 1. The molecule has 1 aromatic carbocycles. The van der Waals surface area contributed by atoms with Gasteiger partial charge in [0.1, 0.15) is 0 Å². The van der Waals surface area contributed by atoms with Gasteiger partial charge in [-0.3, -0.25) is 4.79 Å². The van der Waals surface area contributed by atoms with Gasteiger partial charge in [0.15, 0.2) is 5.84 Å². The van der Waals surface area contributed by atoms with E-state index in [1.165, 1.54) is 6.21 Å². The minimum Gasteiger partial charge on any atom is -0.360 e. The van der Waals surface area contributed by atoms with Gasteiger partial charge in [-0.1, -0.05) is 18.2 Å². The van der Waals surface area contributed by atoms with Gasteiger partial charge in [0.05, 0.1) is 6.21 Å². The maximum atomic E-state index is 10.9. The SMILES string of the molecule is O=C1C=NC(c2c[nH]c3ccccc23)=N1. The number of nitrogens with one attached hydrogen (secondary N) is 1. The van der Waals surface area contributed by atoms with Crippen LogP contribution in [0.5, 0.6) is 0 Å². The van der Waals surface area contributed by atoms with Crippen molar-refractivity contribution in [2.45, 2.75) is 0 Å². The number of para-hydroxylation sites is 1. The first kappa shape index (κ1) is 8.11. The Hall–Kier alpha value is -2.23. The molecule has 0 unspecified atom stereocenters. The van der Waals surface area contributed by atoms with Gasteiger partial charge in [-0.05, 0) is 6.07 Å². The summed E-state index contributed by atoms with van der Waals surface area (Å²) in [7, 11) is 0. The fraction of sp³-hybridized carbons (Fsp3) is 0. The van der Waals surface area contributed by atoms with E-state index in [2.05, 4.69) is 15.0 Å². The predicted molar refractivity (Wildman–Crippen MR) is 58.3 cm³/mol. The van der Waals surface area contributed by atoms with Crippen LogP contribution in [-0.4, -0.2) is 22.9 Å². The Morgan fingerprint density at radius 1 is 1.20 bits per heavy atom. The predicted octanol–water partition coefficient (Wildman–Crippen LogP) is 1.53. The van der Waals surface area contributed by atoms with Crippen LogP contribution in [-0.2, 0) is 4.79 Å². The second-order valence-corrected chi connectivity index (χ2v) is 3.28. The maximum absolute atomic E-state index is 10.9. The second kappa shape index (κ2) is 2.88. The lowest BCUT2D eigenvalue weighted by Crippen LogP contribution is -1.92.